The van der Waals surface area contributed by atoms with Crippen molar-refractivity contribution in [2.75, 3.05) is 18.8 Å². The first-order chi connectivity index (χ1) is 15.7. The van der Waals surface area contributed by atoms with E-state index in [1.54, 1.807) is 11.3 Å². The molecular formula is C24H28N4O2S2. The molecule has 0 saturated carbocycles. The predicted molar refractivity (Wildman–Crippen MR) is 131 cm³/mol. The molecule has 8 heteroatoms. The third kappa shape index (κ3) is 4.77. The molecule has 168 valence electrons. The molecule has 0 spiro atoms. The van der Waals surface area contributed by atoms with Crippen LogP contribution in [0.25, 0.3) is 10.2 Å². The highest BCUT2D eigenvalue weighted by atomic mass is 32.2. The maximum Gasteiger partial charge on any atom is 0.259 e. The molecule has 1 aliphatic heterocycles. The minimum absolute atomic E-state index is 0.00417. The Balaban J connectivity index is 1.13. The molecule has 1 fully saturated rings. The summed E-state index contributed by atoms with van der Waals surface area (Å²) in [6.07, 6.45) is 5.72. The third-order valence-electron chi connectivity index (χ3n) is 6.28. The molecule has 3 aromatic rings. The summed E-state index contributed by atoms with van der Waals surface area (Å²) in [6, 6.07) is 8.36. The second-order valence-electron chi connectivity index (χ2n) is 8.57. The van der Waals surface area contributed by atoms with Crippen molar-refractivity contribution in [2.45, 2.75) is 50.9 Å². The summed E-state index contributed by atoms with van der Waals surface area (Å²) in [5.74, 6) is 1.52. The van der Waals surface area contributed by atoms with E-state index in [1.165, 1.54) is 46.2 Å². The van der Waals surface area contributed by atoms with Crippen LogP contribution in [-0.2, 0) is 36.5 Å². The Hall–Kier alpha value is -2.16. The Morgan fingerprint density at radius 1 is 1.16 bits per heavy atom. The number of thiophene rings is 1. The van der Waals surface area contributed by atoms with Gasteiger partial charge in [0.05, 0.1) is 16.9 Å². The quantitative estimate of drug-likeness (QED) is 0.528. The molecule has 0 bridgehead atoms. The SMILES string of the molecule is O=C(CSCc1nc2sc3c(c2c(=O)[nH]1)CCC3)NCc1ccccc1CN1CCCC1. The number of fused-ring (bicyclic) bond motifs is 3. The van der Waals surface area contributed by atoms with Crippen molar-refractivity contribution < 1.29 is 4.79 Å². The van der Waals surface area contributed by atoms with Crippen LogP contribution in [0.5, 0.6) is 0 Å². The van der Waals surface area contributed by atoms with Gasteiger partial charge in [0.25, 0.3) is 5.56 Å². The number of likely N-dealkylation sites (tertiary alicyclic amines) is 1. The summed E-state index contributed by atoms with van der Waals surface area (Å²) in [5, 5.41) is 3.83. The van der Waals surface area contributed by atoms with Crippen molar-refractivity contribution in [1.82, 2.24) is 20.2 Å². The number of nitrogens with one attached hydrogen (secondary N) is 2. The molecule has 1 amide bonds. The van der Waals surface area contributed by atoms with Gasteiger partial charge in [0.1, 0.15) is 10.7 Å². The minimum Gasteiger partial charge on any atom is -0.351 e. The highest BCUT2D eigenvalue weighted by molar-refractivity contribution is 7.99. The molecule has 32 heavy (non-hydrogen) atoms. The number of aromatic amines is 1. The van der Waals surface area contributed by atoms with E-state index >= 15 is 0 Å². The molecule has 1 saturated heterocycles. The second-order valence-corrected chi connectivity index (χ2v) is 10.6. The van der Waals surface area contributed by atoms with Crippen molar-refractivity contribution in [1.29, 1.82) is 0 Å². The highest BCUT2D eigenvalue weighted by Crippen LogP contribution is 2.34. The van der Waals surface area contributed by atoms with E-state index in [4.69, 9.17) is 0 Å². The van der Waals surface area contributed by atoms with Crippen LogP contribution in [0.2, 0.25) is 0 Å². The van der Waals surface area contributed by atoms with E-state index in [-0.39, 0.29) is 11.5 Å². The maximum atomic E-state index is 12.6. The summed E-state index contributed by atoms with van der Waals surface area (Å²) in [4.78, 5) is 37.2. The normalized spacial score (nSPS) is 16.0. The summed E-state index contributed by atoms with van der Waals surface area (Å²) < 4.78 is 0. The van der Waals surface area contributed by atoms with E-state index in [0.717, 1.165) is 49.1 Å². The summed E-state index contributed by atoms with van der Waals surface area (Å²) in [6.45, 7) is 3.82. The van der Waals surface area contributed by atoms with Gasteiger partial charge in [0, 0.05) is 18.0 Å². The lowest BCUT2D eigenvalue weighted by atomic mass is 10.1. The van der Waals surface area contributed by atoms with Gasteiger partial charge in [-0.25, -0.2) is 4.98 Å². The number of benzene rings is 1. The first-order valence-corrected chi connectivity index (χ1v) is 13.3. The van der Waals surface area contributed by atoms with E-state index < -0.39 is 0 Å². The van der Waals surface area contributed by atoms with E-state index in [9.17, 15) is 9.59 Å². The van der Waals surface area contributed by atoms with Gasteiger partial charge in [-0.1, -0.05) is 24.3 Å². The average molecular weight is 469 g/mol. The number of hydrogen-bond acceptors (Lipinski definition) is 6. The van der Waals surface area contributed by atoms with Gasteiger partial charge in [-0.2, -0.15) is 0 Å². The Bertz CT molecular complexity index is 1180. The molecule has 2 aromatic heterocycles. The number of nitrogens with zero attached hydrogens (tertiary/aromatic N) is 2. The number of H-pyrrole nitrogens is 1. The molecule has 0 atom stereocenters. The fourth-order valence-electron chi connectivity index (χ4n) is 4.67. The maximum absolute atomic E-state index is 12.6. The first kappa shape index (κ1) is 21.7. The van der Waals surface area contributed by atoms with Crippen LogP contribution in [-0.4, -0.2) is 39.6 Å². The van der Waals surface area contributed by atoms with Crippen LogP contribution in [0, 0.1) is 0 Å². The lowest BCUT2D eigenvalue weighted by Gasteiger charge is -2.17. The Morgan fingerprint density at radius 2 is 1.97 bits per heavy atom. The molecule has 3 heterocycles. The number of rotatable bonds is 8. The number of amides is 1. The second kappa shape index (κ2) is 9.77. The van der Waals surface area contributed by atoms with Crippen LogP contribution in [0.3, 0.4) is 0 Å². The average Bonchev–Trinajstić information content (AvgIpc) is 3.51. The topological polar surface area (TPSA) is 78.1 Å². The van der Waals surface area contributed by atoms with Crippen LogP contribution in [0.15, 0.2) is 29.1 Å². The molecule has 2 aliphatic rings. The largest absolute Gasteiger partial charge is 0.351 e. The molecule has 2 N–H and O–H groups in total. The van der Waals surface area contributed by atoms with Crippen molar-refractivity contribution in [3.63, 3.8) is 0 Å². The zero-order chi connectivity index (χ0) is 21.9. The van der Waals surface area contributed by atoms with Crippen LogP contribution >= 0.6 is 23.1 Å². The first-order valence-electron chi connectivity index (χ1n) is 11.3. The minimum atomic E-state index is -0.0379. The molecule has 6 nitrogen and oxygen atoms in total. The van der Waals surface area contributed by atoms with Gasteiger partial charge >= 0.3 is 0 Å². The number of thioether (sulfide) groups is 1. The van der Waals surface area contributed by atoms with Crippen LogP contribution < -0.4 is 10.9 Å². The van der Waals surface area contributed by atoms with E-state index in [1.807, 2.05) is 6.07 Å². The van der Waals surface area contributed by atoms with E-state index in [0.29, 0.717) is 23.9 Å². The van der Waals surface area contributed by atoms with Crippen LogP contribution in [0.1, 0.15) is 46.7 Å². The van der Waals surface area contributed by atoms with E-state index in [2.05, 4.69) is 38.4 Å². The van der Waals surface area contributed by atoms with Gasteiger partial charge in [-0.3, -0.25) is 14.5 Å². The molecular weight excluding hydrogens is 440 g/mol. The molecule has 0 unspecified atom stereocenters. The summed E-state index contributed by atoms with van der Waals surface area (Å²) in [7, 11) is 0. The predicted octanol–water partition coefficient (Wildman–Crippen LogP) is 3.62. The number of hydrogen-bond donors (Lipinski definition) is 2. The summed E-state index contributed by atoms with van der Waals surface area (Å²) in [5.41, 5.74) is 3.63. The van der Waals surface area contributed by atoms with Gasteiger partial charge in [-0.15, -0.1) is 23.1 Å². The van der Waals surface area contributed by atoms with Gasteiger partial charge in [0.15, 0.2) is 0 Å². The standard InChI is InChI=1S/C24H28N4O2S2/c29-21(25-12-16-6-1-2-7-17(16)13-28-10-3-4-11-28)15-31-14-20-26-23(30)22-18-8-5-9-19(18)32-24(22)27-20/h1-2,6-7H,3-5,8-15H2,(H,25,29)(H,26,27,30). The van der Waals surface area contributed by atoms with Crippen molar-refractivity contribution in [3.8, 4) is 0 Å². The molecule has 0 radical (unpaired) electrons. The lowest BCUT2D eigenvalue weighted by molar-refractivity contribution is -0.118. The fourth-order valence-corrected chi connectivity index (χ4v) is 6.67. The Kier molecular flexibility index (Phi) is 6.62. The zero-order valence-corrected chi connectivity index (χ0v) is 19.7. The van der Waals surface area contributed by atoms with Crippen molar-refractivity contribution in [3.05, 3.63) is 62.0 Å². The number of aryl methyl sites for hydroxylation is 2. The van der Waals surface area contributed by atoms with Gasteiger partial charge in [-0.05, 0) is 61.9 Å². The Morgan fingerprint density at radius 3 is 2.81 bits per heavy atom. The number of carbonyl (C=O) groups is 1. The lowest BCUT2D eigenvalue weighted by Crippen LogP contribution is -2.26. The monoisotopic (exact) mass is 468 g/mol. The van der Waals surface area contributed by atoms with Gasteiger partial charge < -0.3 is 10.3 Å². The fraction of sp³-hybridized carbons (Fsp3) is 0.458. The third-order valence-corrected chi connectivity index (χ3v) is 8.41. The molecule has 1 aliphatic carbocycles. The highest BCUT2D eigenvalue weighted by Gasteiger charge is 2.21. The zero-order valence-electron chi connectivity index (χ0n) is 18.1. The molecule has 1 aromatic carbocycles. The Labute approximate surface area is 195 Å². The van der Waals surface area contributed by atoms with Crippen LogP contribution in [0.4, 0.5) is 0 Å². The smallest absolute Gasteiger partial charge is 0.259 e. The van der Waals surface area contributed by atoms with Gasteiger partial charge in [0.2, 0.25) is 5.91 Å². The van der Waals surface area contributed by atoms with Crippen molar-refractivity contribution in [2.24, 2.45) is 0 Å². The van der Waals surface area contributed by atoms with Crippen molar-refractivity contribution >= 4 is 39.2 Å². The number of aromatic nitrogens is 2. The number of carbonyl (C=O) groups excluding carboxylic acids is 1. The summed E-state index contributed by atoms with van der Waals surface area (Å²) >= 11 is 3.13. The molecule has 5 rings (SSSR count).